The highest BCUT2D eigenvalue weighted by atomic mass is 14.8. The molecule has 3 rings (SSSR count). The van der Waals surface area contributed by atoms with Crippen molar-refractivity contribution in [3.8, 4) is 0 Å². The number of benzene rings is 2. The molecule has 1 heterocycles. The highest BCUT2D eigenvalue weighted by molar-refractivity contribution is 6.07. The molecule has 32 heavy (non-hydrogen) atoms. The minimum absolute atomic E-state index is 0.264. The van der Waals surface area contributed by atoms with Gasteiger partial charge in [-0.1, -0.05) is 80.3 Å². The monoisotopic (exact) mass is 423 g/mol. The summed E-state index contributed by atoms with van der Waals surface area (Å²) in [5, 5.41) is 0. The van der Waals surface area contributed by atoms with Crippen LogP contribution in [0.5, 0.6) is 0 Å². The summed E-state index contributed by atoms with van der Waals surface area (Å²) in [5.74, 6) is 0.264. The van der Waals surface area contributed by atoms with E-state index >= 15 is 0 Å². The fourth-order valence-electron chi connectivity index (χ4n) is 4.34. The lowest BCUT2D eigenvalue weighted by molar-refractivity contribution is 0.939. The maximum atomic E-state index is 4.91. The highest BCUT2D eigenvalue weighted by Gasteiger charge is 2.26. The van der Waals surface area contributed by atoms with Crippen molar-refractivity contribution in [3.05, 3.63) is 125 Å². The Bertz CT molecular complexity index is 1110. The van der Waals surface area contributed by atoms with Gasteiger partial charge in [-0.2, -0.15) is 0 Å². The van der Waals surface area contributed by atoms with Crippen molar-refractivity contribution in [3.63, 3.8) is 0 Å². The molecule has 1 aliphatic rings. The lowest BCUT2D eigenvalue weighted by atomic mass is 9.86. The Hall–Kier alpha value is -3.19. The minimum atomic E-state index is 0.264. The zero-order valence-corrected chi connectivity index (χ0v) is 20.6. The molecule has 0 bridgehead atoms. The van der Waals surface area contributed by atoms with Crippen LogP contribution in [0.25, 0.3) is 5.57 Å². The van der Waals surface area contributed by atoms with Crippen LogP contribution in [0.1, 0.15) is 62.4 Å². The number of nitrogens with zero attached hydrogens (tertiary/aromatic N) is 1. The van der Waals surface area contributed by atoms with E-state index < -0.39 is 0 Å². The maximum absolute atomic E-state index is 4.91. The zero-order chi connectivity index (χ0) is 23.8. The van der Waals surface area contributed by atoms with Crippen molar-refractivity contribution in [2.24, 2.45) is 10.9 Å². The Morgan fingerprint density at radius 1 is 1.03 bits per heavy atom. The molecule has 1 nitrogen and oxygen atoms in total. The molecule has 0 aromatic heterocycles. The van der Waals surface area contributed by atoms with Crippen LogP contribution >= 0.6 is 0 Å². The van der Waals surface area contributed by atoms with Crippen LogP contribution in [0.15, 0.2) is 102 Å². The van der Waals surface area contributed by atoms with Crippen molar-refractivity contribution < 1.29 is 0 Å². The molecule has 1 heteroatoms. The highest BCUT2D eigenvalue weighted by Crippen LogP contribution is 2.34. The van der Waals surface area contributed by atoms with Crippen molar-refractivity contribution in [2.45, 2.75) is 48.0 Å². The van der Waals surface area contributed by atoms with E-state index in [-0.39, 0.29) is 5.92 Å². The first-order valence-corrected chi connectivity index (χ1v) is 11.3. The van der Waals surface area contributed by atoms with Gasteiger partial charge >= 0.3 is 0 Å². The number of aliphatic imine (C=N–C) groups is 1. The van der Waals surface area contributed by atoms with Gasteiger partial charge in [0.15, 0.2) is 0 Å². The third kappa shape index (κ3) is 5.53. The number of rotatable bonds is 6. The van der Waals surface area contributed by atoms with E-state index in [2.05, 4.69) is 103 Å². The molecule has 1 atom stereocenters. The van der Waals surface area contributed by atoms with Crippen LogP contribution in [0.4, 0.5) is 0 Å². The average molecular weight is 424 g/mol. The topological polar surface area (TPSA) is 12.4 Å². The molecule has 0 amide bonds. The van der Waals surface area contributed by atoms with Crippen LogP contribution in [0.3, 0.4) is 0 Å². The third-order valence-electron chi connectivity index (χ3n) is 5.87. The Labute approximate surface area is 195 Å². The SMILES string of the molecule is C=C/C(=C\C)c1cc(C2=NC(C)=C(C(=C)C)C2C)ccc1Cc1ccccc1C.C=CC. The summed E-state index contributed by atoms with van der Waals surface area (Å²) in [7, 11) is 0. The van der Waals surface area contributed by atoms with Crippen molar-refractivity contribution >= 4 is 11.3 Å². The standard InChI is InChI=1S/C28H31N.C3H6/c1-8-22(9-2)26-17-25(28-20(6)27(18(3)4)21(7)29-28)15-14-24(26)16-23-13-11-10-12-19(23)5;1-3-2/h8-15,17,20H,1,3,16H2,2,4-7H3;3H,1H2,2H3/b22-9+;. The van der Waals surface area contributed by atoms with Crippen LogP contribution in [-0.2, 0) is 6.42 Å². The molecule has 0 fully saturated rings. The molecule has 1 unspecified atom stereocenters. The first-order valence-electron chi connectivity index (χ1n) is 11.3. The predicted molar refractivity (Wildman–Crippen MR) is 143 cm³/mol. The summed E-state index contributed by atoms with van der Waals surface area (Å²) < 4.78 is 0. The Morgan fingerprint density at radius 2 is 1.69 bits per heavy atom. The first-order chi connectivity index (χ1) is 15.3. The van der Waals surface area contributed by atoms with Gasteiger partial charge in [-0.3, -0.25) is 4.99 Å². The van der Waals surface area contributed by atoms with Gasteiger partial charge < -0.3 is 0 Å². The molecule has 0 saturated carbocycles. The molecule has 166 valence electrons. The van der Waals surface area contributed by atoms with E-state index in [9.17, 15) is 0 Å². The first kappa shape index (κ1) is 25.1. The van der Waals surface area contributed by atoms with Crippen LogP contribution in [0.2, 0.25) is 0 Å². The van der Waals surface area contributed by atoms with E-state index in [1.54, 1.807) is 6.08 Å². The Kier molecular flexibility index (Phi) is 8.96. The van der Waals surface area contributed by atoms with Crippen LogP contribution < -0.4 is 0 Å². The van der Waals surface area contributed by atoms with Gasteiger partial charge in [-0.25, -0.2) is 0 Å². The van der Waals surface area contributed by atoms with E-state index in [0.717, 1.165) is 29.0 Å². The van der Waals surface area contributed by atoms with Crippen molar-refractivity contribution in [1.82, 2.24) is 0 Å². The fourth-order valence-corrected chi connectivity index (χ4v) is 4.34. The molecule has 0 spiro atoms. The molecule has 2 aromatic carbocycles. The number of hydrogen-bond acceptors (Lipinski definition) is 1. The maximum Gasteiger partial charge on any atom is 0.0552 e. The summed E-state index contributed by atoms with van der Waals surface area (Å²) in [6.07, 6.45) is 6.74. The van der Waals surface area contributed by atoms with E-state index in [1.807, 2.05) is 13.0 Å². The van der Waals surface area contributed by atoms with Gasteiger partial charge in [0.25, 0.3) is 0 Å². The Morgan fingerprint density at radius 3 is 2.22 bits per heavy atom. The molecular weight excluding hydrogens is 386 g/mol. The van der Waals surface area contributed by atoms with Crippen molar-refractivity contribution in [2.75, 3.05) is 0 Å². The molecule has 0 N–H and O–H groups in total. The minimum Gasteiger partial charge on any atom is -0.257 e. The summed E-state index contributed by atoms with van der Waals surface area (Å²) in [6.45, 7) is 24.1. The van der Waals surface area contributed by atoms with Gasteiger partial charge in [0.05, 0.1) is 5.71 Å². The van der Waals surface area contributed by atoms with Gasteiger partial charge in [0, 0.05) is 11.6 Å². The van der Waals surface area contributed by atoms with Crippen molar-refractivity contribution in [1.29, 1.82) is 0 Å². The van der Waals surface area contributed by atoms with E-state index in [4.69, 9.17) is 4.99 Å². The lowest BCUT2D eigenvalue weighted by Gasteiger charge is -2.17. The smallest absolute Gasteiger partial charge is 0.0552 e. The second-order valence-corrected chi connectivity index (χ2v) is 8.33. The number of allylic oxidation sites excluding steroid dienone is 7. The number of hydrogen-bond donors (Lipinski definition) is 0. The summed E-state index contributed by atoms with van der Waals surface area (Å²) in [5.41, 5.74) is 12.1. The van der Waals surface area contributed by atoms with Crippen LogP contribution in [0, 0.1) is 12.8 Å². The summed E-state index contributed by atoms with van der Waals surface area (Å²) in [4.78, 5) is 4.91. The Balaban J connectivity index is 0.00000114. The van der Waals surface area contributed by atoms with Gasteiger partial charge in [0.2, 0.25) is 0 Å². The van der Waals surface area contributed by atoms with Gasteiger partial charge in [0.1, 0.15) is 0 Å². The quantitative estimate of drug-likeness (QED) is 0.325. The second kappa shape index (κ2) is 11.4. The molecule has 1 aliphatic heterocycles. The normalized spacial score (nSPS) is 15.6. The molecule has 0 saturated heterocycles. The summed E-state index contributed by atoms with van der Waals surface area (Å²) >= 11 is 0. The van der Waals surface area contributed by atoms with Gasteiger partial charge in [-0.15, -0.1) is 6.58 Å². The molecule has 0 aliphatic carbocycles. The number of aryl methyl sites for hydroxylation is 1. The molecule has 2 aromatic rings. The van der Waals surface area contributed by atoms with Crippen LogP contribution in [-0.4, -0.2) is 5.71 Å². The second-order valence-electron chi connectivity index (χ2n) is 8.33. The average Bonchev–Trinajstić information content (AvgIpc) is 3.06. The largest absolute Gasteiger partial charge is 0.257 e. The third-order valence-corrected chi connectivity index (χ3v) is 5.87. The predicted octanol–water partition coefficient (Wildman–Crippen LogP) is 8.66. The van der Waals surface area contributed by atoms with Gasteiger partial charge in [-0.05, 0) is 86.1 Å². The lowest BCUT2D eigenvalue weighted by Crippen LogP contribution is -2.12. The fraction of sp³-hybridized carbons (Fsp3) is 0.258. The van der Waals surface area contributed by atoms with E-state index in [0.29, 0.717) is 0 Å². The summed E-state index contributed by atoms with van der Waals surface area (Å²) in [6, 6.07) is 15.4. The molecular formula is C31H37N. The zero-order valence-electron chi connectivity index (χ0n) is 20.6. The van der Waals surface area contributed by atoms with E-state index in [1.165, 1.54) is 33.4 Å². The molecule has 0 radical (unpaired) electrons.